The number of amides is 1. The summed E-state index contributed by atoms with van der Waals surface area (Å²) in [7, 11) is 0. The van der Waals surface area contributed by atoms with Crippen molar-refractivity contribution in [3.63, 3.8) is 0 Å². The van der Waals surface area contributed by atoms with E-state index in [-0.39, 0.29) is 5.75 Å². The molecular weight excluding hydrogens is 172 g/mol. The van der Waals surface area contributed by atoms with Crippen LogP contribution in [0.5, 0.6) is 11.5 Å². The van der Waals surface area contributed by atoms with Crippen LogP contribution in [0.4, 0.5) is 0 Å². The van der Waals surface area contributed by atoms with Crippen LogP contribution in [0.1, 0.15) is 0 Å². The second-order valence-electron chi connectivity index (χ2n) is 2.43. The fourth-order valence-electron chi connectivity index (χ4n) is 0.729. The summed E-state index contributed by atoms with van der Waals surface area (Å²) in [6.45, 7) is 0. The normalized spacial score (nSPS) is 12.1. The first kappa shape index (κ1) is 9.34. The number of benzene rings is 1. The van der Waals surface area contributed by atoms with Crippen LogP contribution < -0.4 is 16.2 Å². The van der Waals surface area contributed by atoms with Gasteiger partial charge in [-0.1, -0.05) is 0 Å². The number of primary amides is 1. The quantitative estimate of drug-likeness (QED) is 0.551. The smallest absolute Gasteiger partial charge is 0.273 e. The number of aromatic hydroxyl groups is 1. The van der Waals surface area contributed by atoms with E-state index in [9.17, 15) is 4.79 Å². The van der Waals surface area contributed by atoms with Gasteiger partial charge in [-0.15, -0.1) is 0 Å². The number of rotatable bonds is 3. The van der Waals surface area contributed by atoms with Gasteiger partial charge in [0.25, 0.3) is 5.91 Å². The van der Waals surface area contributed by atoms with E-state index in [1.54, 1.807) is 0 Å². The molecular formula is C8H10N2O3. The summed E-state index contributed by atoms with van der Waals surface area (Å²) < 4.78 is 4.92. The van der Waals surface area contributed by atoms with Gasteiger partial charge in [0.05, 0.1) is 0 Å². The van der Waals surface area contributed by atoms with Crippen molar-refractivity contribution in [3.8, 4) is 11.5 Å². The van der Waals surface area contributed by atoms with Gasteiger partial charge in [-0.25, -0.2) is 0 Å². The van der Waals surface area contributed by atoms with Crippen molar-refractivity contribution in [1.29, 1.82) is 0 Å². The third-order valence-corrected chi connectivity index (χ3v) is 1.38. The molecule has 1 unspecified atom stereocenters. The molecule has 1 rings (SSSR count). The number of carbonyl (C=O) groups excluding carboxylic acids is 1. The second kappa shape index (κ2) is 3.77. The zero-order valence-corrected chi connectivity index (χ0v) is 6.81. The lowest BCUT2D eigenvalue weighted by Crippen LogP contribution is -2.41. The molecule has 5 N–H and O–H groups in total. The van der Waals surface area contributed by atoms with Crippen molar-refractivity contribution < 1.29 is 14.6 Å². The Morgan fingerprint density at radius 1 is 1.38 bits per heavy atom. The third kappa shape index (κ3) is 2.64. The first-order chi connectivity index (χ1) is 6.09. The summed E-state index contributed by atoms with van der Waals surface area (Å²) in [4.78, 5) is 10.5. The SMILES string of the molecule is NC(=O)C(N)Oc1ccc(O)cc1. The minimum atomic E-state index is -1.16. The Balaban J connectivity index is 2.64. The molecule has 0 aromatic heterocycles. The van der Waals surface area contributed by atoms with Crippen LogP contribution in [0.2, 0.25) is 0 Å². The highest BCUT2D eigenvalue weighted by atomic mass is 16.5. The molecule has 1 atom stereocenters. The van der Waals surface area contributed by atoms with Gasteiger partial charge in [0.1, 0.15) is 11.5 Å². The van der Waals surface area contributed by atoms with E-state index >= 15 is 0 Å². The van der Waals surface area contributed by atoms with Gasteiger partial charge in [0, 0.05) is 0 Å². The number of phenols is 1. The molecule has 0 aliphatic heterocycles. The van der Waals surface area contributed by atoms with Crippen LogP contribution in [-0.4, -0.2) is 17.2 Å². The Morgan fingerprint density at radius 3 is 2.38 bits per heavy atom. The van der Waals surface area contributed by atoms with Crippen LogP contribution in [0, 0.1) is 0 Å². The first-order valence-corrected chi connectivity index (χ1v) is 3.60. The van der Waals surface area contributed by atoms with Crippen LogP contribution in [-0.2, 0) is 4.79 Å². The van der Waals surface area contributed by atoms with Gasteiger partial charge in [-0.3, -0.25) is 10.5 Å². The molecule has 5 heteroatoms. The molecule has 0 radical (unpaired) electrons. The first-order valence-electron chi connectivity index (χ1n) is 3.60. The Hall–Kier alpha value is -1.75. The number of hydrogen-bond donors (Lipinski definition) is 3. The molecule has 1 amide bonds. The fraction of sp³-hybridized carbons (Fsp3) is 0.125. The average molecular weight is 182 g/mol. The van der Waals surface area contributed by atoms with Gasteiger partial charge in [0.2, 0.25) is 6.23 Å². The summed E-state index contributed by atoms with van der Waals surface area (Å²) in [6.07, 6.45) is -1.16. The molecule has 1 aromatic carbocycles. The minimum Gasteiger partial charge on any atom is -0.508 e. The zero-order valence-electron chi connectivity index (χ0n) is 6.81. The summed E-state index contributed by atoms with van der Waals surface area (Å²) >= 11 is 0. The highest BCUT2D eigenvalue weighted by molar-refractivity contribution is 5.78. The molecule has 0 heterocycles. The van der Waals surface area contributed by atoms with Crippen LogP contribution in [0.3, 0.4) is 0 Å². The highest BCUT2D eigenvalue weighted by Gasteiger charge is 2.09. The lowest BCUT2D eigenvalue weighted by Gasteiger charge is -2.10. The number of hydrogen-bond acceptors (Lipinski definition) is 4. The Labute approximate surface area is 74.9 Å². The maximum Gasteiger partial charge on any atom is 0.273 e. The van der Waals surface area contributed by atoms with Crippen molar-refractivity contribution in [2.24, 2.45) is 11.5 Å². The van der Waals surface area contributed by atoms with Crippen molar-refractivity contribution in [3.05, 3.63) is 24.3 Å². The maximum atomic E-state index is 10.5. The van der Waals surface area contributed by atoms with E-state index in [0.717, 1.165) is 0 Å². The molecule has 0 spiro atoms. The number of nitrogens with two attached hydrogens (primary N) is 2. The van der Waals surface area contributed by atoms with E-state index in [1.165, 1.54) is 24.3 Å². The van der Waals surface area contributed by atoms with Crippen LogP contribution in [0.15, 0.2) is 24.3 Å². The minimum absolute atomic E-state index is 0.111. The number of ether oxygens (including phenoxy) is 1. The Morgan fingerprint density at radius 2 is 1.92 bits per heavy atom. The molecule has 70 valence electrons. The Bertz CT molecular complexity index is 297. The molecule has 0 saturated heterocycles. The maximum absolute atomic E-state index is 10.5. The van der Waals surface area contributed by atoms with E-state index in [1.807, 2.05) is 0 Å². The molecule has 13 heavy (non-hydrogen) atoms. The van der Waals surface area contributed by atoms with E-state index < -0.39 is 12.1 Å². The second-order valence-corrected chi connectivity index (χ2v) is 2.43. The molecule has 5 nitrogen and oxygen atoms in total. The van der Waals surface area contributed by atoms with Gasteiger partial charge >= 0.3 is 0 Å². The van der Waals surface area contributed by atoms with Gasteiger partial charge in [-0.05, 0) is 24.3 Å². The fourth-order valence-corrected chi connectivity index (χ4v) is 0.729. The molecule has 0 aliphatic carbocycles. The predicted octanol–water partition coefficient (Wildman–Crippen LogP) is -0.459. The van der Waals surface area contributed by atoms with Gasteiger partial charge in [0.15, 0.2) is 0 Å². The van der Waals surface area contributed by atoms with Crippen LogP contribution in [0.25, 0.3) is 0 Å². The molecule has 1 aromatic rings. The lowest BCUT2D eigenvalue weighted by atomic mass is 10.3. The van der Waals surface area contributed by atoms with Crippen molar-refractivity contribution in [2.45, 2.75) is 6.23 Å². The largest absolute Gasteiger partial charge is 0.508 e. The topological polar surface area (TPSA) is 98.6 Å². The predicted molar refractivity (Wildman–Crippen MR) is 45.9 cm³/mol. The Kier molecular flexibility index (Phi) is 2.71. The van der Waals surface area contributed by atoms with Crippen molar-refractivity contribution in [1.82, 2.24) is 0 Å². The average Bonchev–Trinajstić information content (AvgIpc) is 2.08. The zero-order chi connectivity index (χ0) is 9.84. The van der Waals surface area contributed by atoms with E-state index in [0.29, 0.717) is 5.75 Å². The van der Waals surface area contributed by atoms with Crippen molar-refractivity contribution in [2.75, 3.05) is 0 Å². The standard InChI is InChI=1S/C8H10N2O3/c9-7(12)8(10)13-6-3-1-5(11)2-4-6/h1-4,8,11H,10H2,(H2,9,12). The molecule has 0 saturated carbocycles. The van der Waals surface area contributed by atoms with Gasteiger partial charge < -0.3 is 15.6 Å². The summed E-state index contributed by atoms with van der Waals surface area (Å²) in [6, 6.07) is 5.81. The summed E-state index contributed by atoms with van der Waals surface area (Å²) in [5, 5.41) is 8.92. The molecule has 0 fully saturated rings. The highest BCUT2D eigenvalue weighted by Crippen LogP contribution is 2.16. The van der Waals surface area contributed by atoms with E-state index in [2.05, 4.69) is 0 Å². The summed E-state index contributed by atoms with van der Waals surface area (Å²) in [5.74, 6) is -0.253. The molecule has 0 aliphatic rings. The third-order valence-electron chi connectivity index (χ3n) is 1.38. The van der Waals surface area contributed by atoms with Crippen LogP contribution >= 0.6 is 0 Å². The van der Waals surface area contributed by atoms with E-state index in [4.69, 9.17) is 21.3 Å². The van der Waals surface area contributed by atoms with Gasteiger partial charge in [-0.2, -0.15) is 0 Å². The number of carbonyl (C=O) groups is 1. The summed E-state index contributed by atoms with van der Waals surface area (Å²) in [5.41, 5.74) is 10.1. The number of phenolic OH excluding ortho intramolecular Hbond substituents is 1. The van der Waals surface area contributed by atoms with Crippen molar-refractivity contribution >= 4 is 5.91 Å². The lowest BCUT2D eigenvalue weighted by molar-refractivity contribution is -0.124. The molecule has 0 bridgehead atoms. The monoisotopic (exact) mass is 182 g/mol.